The van der Waals surface area contributed by atoms with E-state index >= 15 is 0 Å². The van der Waals surface area contributed by atoms with Crippen LogP contribution in [-0.2, 0) is 11.4 Å². The molecule has 0 aliphatic carbocycles. The summed E-state index contributed by atoms with van der Waals surface area (Å²) in [5, 5.41) is 9.05. The highest BCUT2D eigenvalue weighted by atomic mass is 16.5. The fourth-order valence-corrected chi connectivity index (χ4v) is 4.46. The van der Waals surface area contributed by atoms with E-state index in [9.17, 15) is 4.79 Å². The molecule has 212 valence electrons. The van der Waals surface area contributed by atoms with Crippen molar-refractivity contribution in [1.29, 1.82) is 0 Å². The van der Waals surface area contributed by atoms with E-state index in [1.807, 2.05) is 116 Å². The lowest BCUT2D eigenvalue weighted by Gasteiger charge is -2.14. The molecule has 0 aliphatic heterocycles. The van der Waals surface area contributed by atoms with E-state index in [1.165, 1.54) is 0 Å². The molecule has 0 aliphatic rings. The second-order valence-corrected chi connectivity index (χ2v) is 10.3. The van der Waals surface area contributed by atoms with Crippen molar-refractivity contribution in [3.8, 4) is 28.4 Å². The highest BCUT2D eigenvalue weighted by Crippen LogP contribution is 2.28. The third-order valence-electron chi connectivity index (χ3n) is 6.68. The third kappa shape index (κ3) is 7.31. The molecular formula is C35H34N4O3. The highest BCUT2D eigenvalue weighted by Gasteiger charge is 2.13. The molecular weight excluding hydrogens is 524 g/mol. The molecule has 1 aromatic heterocycles. The number of amides is 1. The Morgan fingerprint density at radius 3 is 2.36 bits per heavy atom. The van der Waals surface area contributed by atoms with Gasteiger partial charge in [-0.2, -0.15) is 10.2 Å². The Bertz CT molecular complexity index is 1640. The molecule has 0 radical (unpaired) electrons. The maximum Gasteiger partial charge on any atom is 0.277 e. The maximum atomic E-state index is 12.6. The monoisotopic (exact) mass is 558 g/mol. The summed E-state index contributed by atoms with van der Waals surface area (Å²) >= 11 is 0. The molecule has 0 saturated carbocycles. The lowest BCUT2D eigenvalue weighted by Crippen LogP contribution is -2.25. The van der Waals surface area contributed by atoms with E-state index in [0.717, 1.165) is 44.9 Å². The number of nitrogens with one attached hydrogen (secondary N) is 1. The predicted octanol–water partition coefficient (Wildman–Crippen LogP) is 7.08. The number of benzene rings is 4. The van der Waals surface area contributed by atoms with Crippen molar-refractivity contribution in [3.05, 3.63) is 132 Å². The van der Waals surface area contributed by atoms with Crippen LogP contribution in [0.2, 0.25) is 0 Å². The largest absolute Gasteiger partial charge is 0.489 e. The maximum absolute atomic E-state index is 12.6. The molecule has 0 saturated heterocycles. The molecule has 7 heteroatoms. The predicted molar refractivity (Wildman–Crippen MR) is 166 cm³/mol. The highest BCUT2D eigenvalue weighted by molar-refractivity contribution is 5.89. The second-order valence-electron chi connectivity index (χ2n) is 10.3. The summed E-state index contributed by atoms with van der Waals surface area (Å²) in [5.74, 6) is 1.42. The Morgan fingerprint density at radius 2 is 1.64 bits per heavy atom. The fourth-order valence-electron chi connectivity index (χ4n) is 4.46. The van der Waals surface area contributed by atoms with Gasteiger partial charge in [-0.1, -0.05) is 74.5 Å². The van der Waals surface area contributed by atoms with E-state index in [2.05, 4.69) is 24.4 Å². The molecule has 5 aromatic rings. The minimum atomic E-state index is -0.348. The first kappa shape index (κ1) is 28.4. The Morgan fingerprint density at radius 1 is 0.929 bits per heavy atom. The van der Waals surface area contributed by atoms with Crippen LogP contribution in [0.1, 0.15) is 42.0 Å². The van der Waals surface area contributed by atoms with Crippen molar-refractivity contribution in [2.45, 2.75) is 33.3 Å². The summed E-state index contributed by atoms with van der Waals surface area (Å²) in [4.78, 5) is 12.6. The first-order valence-electron chi connectivity index (χ1n) is 13.9. The average molecular weight is 559 g/mol. The second kappa shape index (κ2) is 13.5. The molecule has 7 nitrogen and oxygen atoms in total. The molecule has 42 heavy (non-hydrogen) atoms. The van der Waals surface area contributed by atoms with Crippen LogP contribution in [0.3, 0.4) is 0 Å². The van der Waals surface area contributed by atoms with Crippen molar-refractivity contribution in [2.24, 2.45) is 5.10 Å². The Hall–Kier alpha value is -5.17. The number of para-hydroxylation sites is 1. The summed E-state index contributed by atoms with van der Waals surface area (Å²) in [6.07, 6.45) is 3.49. The lowest BCUT2D eigenvalue weighted by atomic mass is 10.0. The van der Waals surface area contributed by atoms with Crippen LogP contribution >= 0.6 is 0 Å². The number of hydrazone groups is 1. The van der Waals surface area contributed by atoms with Crippen molar-refractivity contribution < 1.29 is 14.3 Å². The summed E-state index contributed by atoms with van der Waals surface area (Å²) in [5.41, 5.74) is 9.11. The number of nitrogens with zero attached hydrogens (tertiary/aromatic N) is 3. The van der Waals surface area contributed by atoms with Crippen LogP contribution < -0.4 is 14.9 Å². The van der Waals surface area contributed by atoms with E-state index in [0.29, 0.717) is 12.4 Å². The summed E-state index contributed by atoms with van der Waals surface area (Å²) in [6, 6.07) is 33.7. The van der Waals surface area contributed by atoms with E-state index in [1.54, 1.807) is 10.9 Å². The van der Waals surface area contributed by atoms with Crippen molar-refractivity contribution >= 4 is 12.1 Å². The Kier molecular flexibility index (Phi) is 9.09. The molecule has 0 spiro atoms. The van der Waals surface area contributed by atoms with Gasteiger partial charge in [0, 0.05) is 17.3 Å². The first-order chi connectivity index (χ1) is 20.5. The topological polar surface area (TPSA) is 77.7 Å². The molecule has 4 aromatic carbocycles. The van der Waals surface area contributed by atoms with Crippen LogP contribution in [0.4, 0.5) is 0 Å². The number of hydrogen-bond donors (Lipinski definition) is 1. The molecule has 0 bridgehead atoms. The van der Waals surface area contributed by atoms with Gasteiger partial charge in [0.2, 0.25) is 0 Å². The van der Waals surface area contributed by atoms with Gasteiger partial charge in [-0.15, -0.1) is 0 Å². The molecule has 0 unspecified atom stereocenters. The minimum Gasteiger partial charge on any atom is -0.489 e. The molecule has 1 amide bonds. The smallest absolute Gasteiger partial charge is 0.277 e. The standard InChI is InChI=1S/C35H34N4O3/c1-25(2)32-19-14-26(3)20-33(32)42-24-34(40)37-36-21-29-22-39(30-12-8-5-9-13-30)38-35(29)28-15-17-31(18-16-28)41-23-27-10-6-4-7-11-27/h4-22,25H,23-24H2,1-3H3,(H,37,40)/b36-21+. The van der Waals surface area contributed by atoms with Crippen LogP contribution in [0, 0.1) is 6.92 Å². The summed E-state index contributed by atoms with van der Waals surface area (Å²) < 4.78 is 13.6. The normalized spacial score (nSPS) is 11.1. The van der Waals surface area contributed by atoms with Gasteiger partial charge in [0.1, 0.15) is 23.8 Å². The number of rotatable bonds is 11. The van der Waals surface area contributed by atoms with Gasteiger partial charge in [-0.3, -0.25) is 4.79 Å². The number of hydrogen-bond acceptors (Lipinski definition) is 5. The van der Waals surface area contributed by atoms with Crippen LogP contribution in [0.15, 0.2) is 114 Å². The van der Waals surface area contributed by atoms with Crippen molar-refractivity contribution in [3.63, 3.8) is 0 Å². The van der Waals surface area contributed by atoms with Gasteiger partial charge in [0.05, 0.1) is 11.9 Å². The van der Waals surface area contributed by atoms with Crippen LogP contribution in [-0.4, -0.2) is 28.5 Å². The number of ether oxygens (including phenoxy) is 2. The lowest BCUT2D eigenvalue weighted by molar-refractivity contribution is -0.123. The molecule has 5 rings (SSSR count). The van der Waals surface area contributed by atoms with E-state index in [4.69, 9.17) is 14.6 Å². The summed E-state index contributed by atoms with van der Waals surface area (Å²) in [6.45, 7) is 6.55. The van der Waals surface area contributed by atoms with Gasteiger partial charge >= 0.3 is 0 Å². The van der Waals surface area contributed by atoms with Gasteiger partial charge in [-0.05, 0) is 72.0 Å². The zero-order valence-corrected chi connectivity index (χ0v) is 24.0. The zero-order chi connectivity index (χ0) is 29.3. The Balaban J connectivity index is 1.29. The van der Waals surface area contributed by atoms with E-state index in [-0.39, 0.29) is 18.4 Å². The van der Waals surface area contributed by atoms with Crippen LogP contribution in [0.25, 0.3) is 16.9 Å². The van der Waals surface area contributed by atoms with Crippen LogP contribution in [0.5, 0.6) is 11.5 Å². The molecule has 1 N–H and O–H groups in total. The average Bonchev–Trinajstić information content (AvgIpc) is 3.44. The first-order valence-corrected chi connectivity index (χ1v) is 13.9. The van der Waals surface area contributed by atoms with Gasteiger partial charge < -0.3 is 9.47 Å². The van der Waals surface area contributed by atoms with E-state index < -0.39 is 0 Å². The number of carbonyl (C=O) groups is 1. The van der Waals surface area contributed by atoms with Gasteiger partial charge in [-0.25, -0.2) is 10.1 Å². The SMILES string of the molecule is Cc1ccc(C(C)C)c(OCC(=O)N/N=C/c2cn(-c3ccccc3)nc2-c2ccc(OCc3ccccc3)cc2)c1. The Labute approximate surface area is 246 Å². The molecule has 0 atom stereocenters. The quantitative estimate of drug-likeness (QED) is 0.139. The van der Waals surface area contributed by atoms with Gasteiger partial charge in [0.25, 0.3) is 5.91 Å². The third-order valence-corrected chi connectivity index (χ3v) is 6.68. The minimum absolute atomic E-state index is 0.138. The number of aromatic nitrogens is 2. The molecule has 0 fully saturated rings. The van der Waals surface area contributed by atoms with Crippen molar-refractivity contribution in [2.75, 3.05) is 6.61 Å². The number of aryl methyl sites for hydroxylation is 1. The molecule has 1 heterocycles. The van der Waals surface area contributed by atoms with Crippen molar-refractivity contribution in [1.82, 2.24) is 15.2 Å². The summed E-state index contributed by atoms with van der Waals surface area (Å²) in [7, 11) is 0. The zero-order valence-electron chi connectivity index (χ0n) is 24.0. The van der Waals surface area contributed by atoms with Gasteiger partial charge in [0.15, 0.2) is 6.61 Å². The fraction of sp³-hybridized carbons (Fsp3) is 0.171. The number of carbonyl (C=O) groups excluding carboxylic acids is 1.